The number of aliphatic carboxylic acids is 1. The first kappa shape index (κ1) is 14.1. The standard InChI is InChI=1S/C13H21NO5/c1-8(14-12(17)18-2)10(11(15)16)9-3-6-19-13(7-9)4-5-13/h8-10H,3-7H2,1-2H3,(H,14,17)(H,15,16)/t8-,9-,10-/m0/s1. The quantitative estimate of drug-likeness (QED) is 0.807. The normalized spacial score (nSPS) is 27.4. The molecule has 0 bridgehead atoms. The van der Waals surface area contributed by atoms with E-state index in [1.807, 2.05) is 0 Å². The second-order valence-corrected chi connectivity index (χ2v) is 5.57. The topological polar surface area (TPSA) is 84.9 Å². The maximum atomic E-state index is 11.5. The fourth-order valence-corrected chi connectivity index (χ4v) is 3.02. The number of hydrogen-bond acceptors (Lipinski definition) is 4. The van der Waals surface area contributed by atoms with Gasteiger partial charge in [-0.25, -0.2) is 4.79 Å². The molecular weight excluding hydrogens is 250 g/mol. The lowest BCUT2D eigenvalue weighted by Gasteiger charge is -2.35. The molecule has 0 aromatic heterocycles. The molecule has 2 aliphatic rings. The van der Waals surface area contributed by atoms with Crippen LogP contribution in [0.5, 0.6) is 0 Å². The maximum Gasteiger partial charge on any atom is 0.407 e. The van der Waals surface area contributed by atoms with Gasteiger partial charge in [0.05, 0.1) is 18.6 Å². The number of alkyl carbamates (subject to hydrolysis) is 1. The zero-order chi connectivity index (χ0) is 14.0. The number of amides is 1. The van der Waals surface area contributed by atoms with Crippen LogP contribution < -0.4 is 5.32 Å². The van der Waals surface area contributed by atoms with Crippen LogP contribution >= 0.6 is 0 Å². The molecule has 1 saturated carbocycles. The fourth-order valence-electron chi connectivity index (χ4n) is 3.02. The molecule has 2 N–H and O–H groups in total. The molecule has 1 heterocycles. The number of ether oxygens (including phenoxy) is 2. The zero-order valence-electron chi connectivity index (χ0n) is 11.3. The van der Waals surface area contributed by atoms with E-state index in [1.165, 1.54) is 7.11 Å². The van der Waals surface area contributed by atoms with Crippen LogP contribution in [0, 0.1) is 11.8 Å². The Labute approximate surface area is 112 Å². The average Bonchev–Trinajstić information content (AvgIpc) is 3.08. The average molecular weight is 271 g/mol. The molecule has 0 aromatic rings. The number of rotatable bonds is 4. The largest absolute Gasteiger partial charge is 0.481 e. The van der Waals surface area contributed by atoms with E-state index in [4.69, 9.17) is 4.74 Å². The third-order valence-electron chi connectivity index (χ3n) is 4.20. The minimum Gasteiger partial charge on any atom is -0.481 e. The van der Waals surface area contributed by atoms with E-state index in [2.05, 4.69) is 10.1 Å². The highest BCUT2D eigenvalue weighted by Crippen LogP contribution is 2.49. The highest BCUT2D eigenvalue weighted by atomic mass is 16.5. The number of carbonyl (C=O) groups is 2. The van der Waals surface area contributed by atoms with Crippen molar-refractivity contribution >= 4 is 12.1 Å². The van der Waals surface area contributed by atoms with Gasteiger partial charge in [0.2, 0.25) is 0 Å². The van der Waals surface area contributed by atoms with Crippen molar-refractivity contribution in [3.8, 4) is 0 Å². The van der Waals surface area contributed by atoms with Gasteiger partial charge in [-0.1, -0.05) is 0 Å². The van der Waals surface area contributed by atoms with Crippen molar-refractivity contribution in [1.29, 1.82) is 0 Å². The Morgan fingerprint density at radius 1 is 1.47 bits per heavy atom. The molecule has 1 aliphatic carbocycles. The number of carbonyl (C=O) groups excluding carboxylic acids is 1. The summed E-state index contributed by atoms with van der Waals surface area (Å²) in [6.07, 6.45) is 2.96. The van der Waals surface area contributed by atoms with Crippen molar-refractivity contribution in [3.63, 3.8) is 0 Å². The Kier molecular flexibility index (Phi) is 3.99. The predicted octanol–water partition coefficient (Wildman–Crippen LogP) is 1.39. The van der Waals surface area contributed by atoms with Crippen LogP contribution in [-0.4, -0.2) is 42.5 Å². The highest BCUT2D eigenvalue weighted by molar-refractivity contribution is 5.73. The van der Waals surface area contributed by atoms with Gasteiger partial charge in [-0.2, -0.15) is 0 Å². The van der Waals surface area contributed by atoms with E-state index in [0.717, 1.165) is 25.7 Å². The van der Waals surface area contributed by atoms with E-state index >= 15 is 0 Å². The van der Waals surface area contributed by atoms with E-state index in [-0.39, 0.29) is 11.5 Å². The van der Waals surface area contributed by atoms with E-state index < -0.39 is 24.0 Å². The summed E-state index contributed by atoms with van der Waals surface area (Å²) in [6, 6.07) is -0.455. The predicted molar refractivity (Wildman–Crippen MR) is 66.8 cm³/mol. The molecule has 1 saturated heterocycles. The molecule has 1 aliphatic heterocycles. The van der Waals surface area contributed by atoms with Gasteiger partial charge in [-0.05, 0) is 38.5 Å². The SMILES string of the molecule is COC(=O)N[C@@H](C)[C@H](C(=O)O)[C@H]1CCOC2(CC2)C1. The first-order valence-electron chi connectivity index (χ1n) is 6.69. The van der Waals surface area contributed by atoms with Gasteiger partial charge in [0, 0.05) is 12.6 Å². The fraction of sp³-hybridized carbons (Fsp3) is 0.846. The van der Waals surface area contributed by atoms with Crippen molar-refractivity contribution in [2.75, 3.05) is 13.7 Å². The molecule has 6 heteroatoms. The first-order chi connectivity index (χ1) is 8.97. The van der Waals surface area contributed by atoms with Crippen LogP contribution in [0.4, 0.5) is 4.79 Å². The molecule has 3 atom stereocenters. The molecule has 0 radical (unpaired) electrons. The molecule has 6 nitrogen and oxygen atoms in total. The second kappa shape index (κ2) is 5.36. The smallest absolute Gasteiger partial charge is 0.407 e. The maximum absolute atomic E-state index is 11.5. The lowest BCUT2D eigenvalue weighted by atomic mass is 9.79. The lowest BCUT2D eigenvalue weighted by Crippen LogP contribution is -2.47. The van der Waals surface area contributed by atoms with Gasteiger partial charge in [0.15, 0.2) is 0 Å². The molecular formula is C13H21NO5. The van der Waals surface area contributed by atoms with Gasteiger partial charge in [0.1, 0.15) is 0 Å². The minimum atomic E-state index is -0.869. The van der Waals surface area contributed by atoms with E-state index in [1.54, 1.807) is 6.92 Å². The number of carboxylic acid groups (broad SMARTS) is 1. The summed E-state index contributed by atoms with van der Waals surface area (Å²) in [5.74, 6) is -1.42. The summed E-state index contributed by atoms with van der Waals surface area (Å²) >= 11 is 0. The molecule has 2 fully saturated rings. The molecule has 19 heavy (non-hydrogen) atoms. The van der Waals surface area contributed by atoms with Gasteiger partial charge in [-0.3, -0.25) is 4.79 Å². The summed E-state index contributed by atoms with van der Waals surface area (Å²) in [6.45, 7) is 2.32. The van der Waals surface area contributed by atoms with Gasteiger partial charge in [-0.15, -0.1) is 0 Å². The summed E-state index contributed by atoms with van der Waals surface area (Å²) in [4.78, 5) is 22.7. The van der Waals surface area contributed by atoms with Crippen molar-refractivity contribution in [2.45, 2.75) is 44.2 Å². The Hall–Kier alpha value is -1.30. The molecule has 2 rings (SSSR count). The van der Waals surface area contributed by atoms with Crippen LogP contribution in [0.1, 0.15) is 32.6 Å². The van der Waals surface area contributed by atoms with E-state index in [9.17, 15) is 14.7 Å². The van der Waals surface area contributed by atoms with Crippen molar-refractivity contribution < 1.29 is 24.2 Å². The highest BCUT2D eigenvalue weighted by Gasteiger charge is 2.50. The Morgan fingerprint density at radius 2 is 2.16 bits per heavy atom. The Morgan fingerprint density at radius 3 is 2.68 bits per heavy atom. The van der Waals surface area contributed by atoms with Crippen LogP contribution in [-0.2, 0) is 14.3 Å². The summed E-state index contributed by atoms with van der Waals surface area (Å²) in [5, 5.41) is 12.0. The lowest BCUT2D eigenvalue weighted by molar-refractivity contribution is -0.147. The summed E-state index contributed by atoms with van der Waals surface area (Å²) in [7, 11) is 1.27. The molecule has 1 spiro atoms. The van der Waals surface area contributed by atoms with Gasteiger partial charge >= 0.3 is 12.1 Å². The molecule has 108 valence electrons. The third-order valence-corrected chi connectivity index (χ3v) is 4.20. The van der Waals surface area contributed by atoms with Crippen molar-refractivity contribution in [3.05, 3.63) is 0 Å². The van der Waals surface area contributed by atoms with Crippen LogP contribution in [0.2, 0.25) is 0 Å². The van der Waals surface area contributed by atoms with Crippen LogP contribution in [0.3, 0.4) is 0 Å². The number of methoxy groups -OCH3 is 1. The van der Waals surface area contributed by atoms with E-state index in [0.29, 0.717) is 6.61 Å². The second-order valence-electron chi connectivity index (χ2n) is 5.57. The van der Waals surface area contributed by atoms with Crippen LogP contribution in [0.25, 0.3) is 0 Å². The monoisotopic (exact) mass is 271 g/mol. The Bertz CT molecular complexity index is 366. The molecule has 0 unspecified atom stereocenters. The summed E-state index contributed by atoms with van der Waals surface area (Å²) < 4.78 is 10.2. The molecule has 0 aromatic carbocycles. The zero-order valence-corrected chi connectivity index (χ0v) is 11.3. The first-order valence-corrected chi connectivity index (χ1v) is 6.69. The van der Waals surface area contributed by atoms with Gasteiger partial charge < -0.3 is 19.9 Å². The summed E-state index contributed by atoms with van der Waals surface area (Å²) in [5.41, 5.74) is -0.0679. The van der Waals surface area contributed by atoms with Crippen molar-refractivity contribution in [2.24, 2.45) is 11.8 Å². The minimum absolute atomic E-state index is 0.0425. The number of hydrogen-bond donors (Lipinski definition) is 2. The van der Waals surface area contributed by atoms with Gasteiger partial charge in [0.25, 0.3) is 0 Å². The Balaban J connectivity index is 2.02. The van der Waals surface area contributed by atoms with Crippen LogP contribution in [0.15, 0.2) is 0 Å². The third kappa shape index (κ3) is 3.18. The number of carboxylic acids is 1. The van der Waals surface area contributed by atoms with Crippen molar-refractivity contribution in [1.82, 2.24) is 5.32 Å². The number of nitrogens with one attached hydrogen (secondary N) is 1. The molecule has 1 amide bonds.